The number of hydrogen-bond donors (Lipinski definition) is 1. The molecule has 4 heteroatoms. The zero-order chi connectivity index (χ0) is 12.8. The van der Waals surface area contributed by atoms with Crippen molar-refractivity contribution >= 4 is 17.3 Å². The molecular weight excluding hydrogens is 244 g/mol. The maximum absolute atomic E-state index is 5.72. The quantitative estimate of drug-likeness (QED) is 0.625. The van der Waals surface area contributed by atoms with Gasteiger partial charge in [0.2, 0.25) is 0 Å². The van der Waals surface area contributed by atoms with Crippen molar-refractivity contribution in [1.82, 2.24) is 10.2 Å². The molecule has 0 unspecified atom stereocenters. The molecule has 0 bridgehead atoms. The second kappa shape index (κ2) is 7.10. The van der Waals surface area contributed by atoms with E-state index in [9.17, 15) is 0 Å². The molecule has 1 aliphatic carbocycles. The third kappa shape index (κ3) is 3.95. The summed E-state index contributed by atoms with van der Waals surface area (Å²) in [5, 5.41) is 3.97. The predicted molar refractivity (Wildman–Crippen MR) is 78.7 cm³/mol. The average Bonchev–Trinajstić information content (AvgIpc) is 2.91. The Balaban J connectivity index is 1.87. The van der Waals surface area contributed by atoms with E-state index in [1.165, 1.54) is 32.1 Å². The second-order valence-corrected chi connectivity index (χ2v) is 5.63. The van der Waals surface area contributed by atoms with Crippen LogP contribution in [0.2, 0.25) is 0 Å². The van der Waals surface area contributed by atoms with Gasteiger partial charge < -0.3 is 15.0 Å². The monoisotopic (exact) mass is 268 g/mol. The largest absolute Gasteiger partial charge is 0.376 e. The lowest BCUT2D eigenvalue weighted by atomic mass is 9.94. The van der Waals surface area contributed by atoms with Crippen LogP contribution in [0.15, 0.2) is 12.2 Å². The SMILES string of the molecule is CNC(=S)N(C[C@H]1CC=CCC1)C[C@@H]1CCCO1. The summed E-state index contributed by atoms with van der Waals surface area (Å²) in [7, 11) is 1.91. The van der Waals surface area contributed by atoms with Crippen molar-refractivity contribution in [1.29, 1.82) is 0 Å². The molecule has 0 aromatic rings. The number of hydrogen-bond acceptors (Lipinski definition) is 2. The van der Waals surface area contributed by atoms with Crippen LogP contribution in [0.3, 0.4) is 0 Å². The molecule has 0 radical (unpaired) electrons. The van der Waals surface area contributed by atoms with E-state index in [0.717, 1.165) is 30.7 Å². The third-order valence-electron chi connectivity index (χ3n) is 3.81. The summed E-state index contributed by atoms with van der Waals surface area (Å²) < 4.78 is 5.72. The molecule has 1 N–H and O–H groups in total. The normalized spacial score (nSPS) is 27.2. The number of ether oxygens (including phenoxy) is 1. The minimum Gasteiger partial charge on any atom is -0.376 e. The Morgan fingerprint density at radius 2 is 2.28 bits per heavy atom. The fourth-order valence-electron chi connectivity index (χ4n) is 2.77. The summed E-state index contributed by atoms with van der Waals surface area (Å²) in [6, 6.07) is 0. The first kappa shape index (κ1) is 13.8. The zero-order valence-corrected chi connectivity index (χ0v) is 12.0. The van der Waals surface area contributed by atoms with Crippen LogP contribution in [0.5, 0.6) is 0 Å². The van der Waals surface area contributed by atoms with Gasteiger partial charge in [-0.15, -0.1) is 0 Å². The number of rotatable bonds is 4. The van der Waals surface area contributed by atoms with Gasteiger partial charge in [-0.2, -0.15) is 0 Å². The van der Waals surface area contributed by atoms with Crippen molar-refractivity contribution in [2.45, 2.75) is 38.2 Å². The molecule has 1 fully saturated rings. The van der Waals surface area contributed by atoms with E-state index in [0.29, 0.717) is 6.10 Å². The molecule has 2 atom stereocenters. The standard InChI is InChI=1S/C14H24N2OS/c1-15-14(18)16(11-13-8-5-9-17-13)10-12-6-3-2-4-7-12/h2-3,12-13H,4-11H2,1H3,(H,15,18)/t12-,13-/m0/s1. The van der Waals surface area contributed by atoms with Crippen molar-refractivity contribution < 1.29 is 4.74 Å². The Bertz CT molecular complexity index is 300. The van der Waals surface area contributed by atoms with Crippen LogP contribution >= 0.6 is 12.2 Å². The Morgan fingerprint density at radius 3 is 2.89 bits per heavy atom. The molecule has 1 aliphatic heterocycles. The van der Waals surface area contributed by atoms with Crippen molar-refractivity contribution in [3.05, 3.63) is 12.2 Å². The first-order valence-electron chi connectivity index (χ1n) is 7.03. The van der Waals surface area contributed by atoms with Gasteiger partial charge >= 0.3 is 0 Å². The van der Waals surface area contributed by atoms with Gasteiger partial charge in [-0.1, -0.05) is 12.2 Å². The van der Waals surface area contributed by atoms with E-state index < -0.39 is 0 Å². The van der Waals surface area contributed by atoms with E-state index in [1.807, 2.05) is 7.05 Å². The van der Waals surface area contributed by atoms with E-state index in [4.69, 9.17) is 17.0 Å². The molecule has 0 saturated carbocycles. The highest BCUT2D eigenvalue weighted by atomic mass is 32.1. The van der Waals surface area contributed by atoms with Crippen LogP contribution in [0, 0.1) is 5.92 Å². The lowest BCUT2D eigenvalue weighted by Gasteiger charge is -2.31. The summed E-state index contributed by atoms with van der Waals surface area (Å²) in [4.78, 5) is 2.30. The van der Waals surface area contributed by atoms with Crippen molar-refractivity contribution in [2.75, 3.05) is 26.7 Å². The van der Waals surface area contributed by atoms with Crippen LogP contribution in [0.4, 0.5) is 0 Å². The highest BCUT2D eigenvalue weighted by Gasteiger charge is 2.23. The Hall–Kier alpha value is -0.610. The van der Waals surface area contributed by atoms with Crippen LogP contribution < -0.4 is 5.32 Å². The Morgan fingerprint density at radius 1 is 1.39 bits per heavy atom. The van der Waals surface area contributed by atoms with Crippen molar-refractivity contribution in [3.63, 3.8) is 0 Å². The third-order valence-corrected chi connectivity index (χ3v) is 4.27. The molecule has 0 amide bonds. The van der Waals surface area contributed by atoms with Crippen LogP contribution in [0.1, 0.15) is 32.1 Å². The summed E-state index contributed by atoms with van der Waals surface area (Å²) in [6.45, 7) is 2.92. The highest BCUT2D eigenvalue weighted by Crippen LogP contribution is 2.21. The molecule has 102 valence electrons. The Kier molecular flexibility index (Phi) is 5.45. The van der Waals surface area contributed by atoms with E-state index >= 15 is 0 Å². The lowest BCUT2D eigenvalue weighted by molar-refractivity contribution is 0.0875. The van der Waals surface area contributed by atoms with Gasteiger partial charge in [-0.25, -0.2) is 0 Å². The van der Waals surface area contributed by atoms with Gasteiger partial charge in [0.25, 0.3) is 0 Å². The number of thiocarbonyl (C=S) groups is 1. The van der Waals surface area contributed by atoms with Gasteiger partial charge in [0, 0.05) is 26.7 Å². The molecule has 1 heterocycles. The first-order valence-corrected chi connectivity index (χ1v) is 7.43. The fraction of sp³-hybridized carbons (Fsp3) is 0.786. The van der Waals surface area contributed by atoms with Crippen LogP contribution in [-0.2, 0) is 4.74 Å². The topological polar surface area (TPSA) is 24.5 Å². The maximum atomic E-state index is 5.72. The zero-order valence-electron chi connectivity index (χ0n) is 11.2. The van der Waals surface area contributed by atoms with Gasteiger partial charge in [0.1, 0.15) is 0 Å². The van der Waals surface area contributed by atoms with E-state index in [2.05, 4.69) is 22.4 Å². The second-order valence-electron chi connectivity index (χ2n) is 5.25. The maximum Gasteiger partial charge on any atom is 0.168 e. The van der Waals surface area contributed by atoms with Crippen molar-refractivity contribution in [2.24, 2.45) is 5.92 Å². The van der Waals surface area contributed by atoms with Crippen LogP contribution in [0.25, 0.3) is 0 Å². The summed E-state index contributed by atoms with van der Waals surface area (Å²) in [6.07, 6.45) is 11.0. The summed E-state index contributed by atoms with van der Waals surface area (Å²) >= 11 is 5.42. The molecular formula is C14H24N2OS. The molecule has 2 rings (SSSR count). The summed E-state index contributed by atoms with van der Waals surface area (Å²) in [5.41, 5.74) is 0. The number of nitrogens with zero attached hydrogens (tertiary/aromatic N) is 1. The van der Waals surface area contributed by atoms with E-state index in [-0.39, 0.29) is 0 Å². The molecule has 1 saturated heterocycles. The minimum absolute atomic E-state index is 0.371. The van der Waals surface area contributed by atoms with Crippen molar-refractivity contribution in [3.8, 4) is 0 Å². The first-order chi connectivity index (χ1) is 8.79. The minimum atomic E-state index is 0.371. The summed E-state index contributed by atoms with van der Waals surface area (Å²) in [5.74, 6) is 0.739. The fourth-order valence-corrected chi connectivity index (χ4v) is 2.92. The average molecular weight is 268 g/mol. The van der Waals surface area contributed by atoms with Gasteiger partial charge in [0.05, 0.1) is 6.10 Å². The molecule has 2 aliphatic rings. The van der Waals surface area contributed by atoms with Crippen LogP contribution in [-0.4, -0.2) is 42.9 Å². The van der Waals surface area contributed by atoms with Gasteiger partial charge in [-0.05, 0) is 50.2 Å². The number of allylic oxidation sites excluding steroid dienone is 2. The molecule has 0 spiro atoms. The Labute approximate surface area is 116 Å². The van der Waals surface area contributed by atoms with Gasteiger partial charge in [0.15, 0.2) is 5.11 Å². The van der Waals surface area contributed by atoms with E-state index in [1.54, 1.807) is 0 Å². The number of nitrogens with one attached hydrogen (secondary N) is 1. The molecule has 0 aromatic heterocycles. The van der Waals surface area contributed by atoms with Gasteiger partial charge in [-0.3, -0.25) is 0 Å². The molecule has 3 nitrogen and oxygen atoms in total. The molecule has 18 heavy (non-hydrogen) atoms. The predicted octanol–water partition coefficient (Wildman–Crippen LogP) is 2.33. The smallest absolute Gasteiger partial charge is 0.168 e. The highest BCUT2D eigenvalue weighted by molar-refractivity contribution is 7.80. The lowest BCUT2D eigenvalue weighted by Crippen LogP contribution is -2.44. The molecule has 0 aromatic carbocycles.